The van der Waals surface area contributed by atoms with Crippen molar-refractivity contribution in [2.45, 2.75) is 58.0 Å². The first kappa shape index (κ1) is 27.7. The second kappa shape index (κ2) is 10.1. The number of carbonyl (C=O) groups is 1. The fourth-order valence-electron chi connectivity index (χ4n) is 5.98. The van der Waals surface area contributed by atoms with E-state index in [1.807, 2.05) is 36.4 Å². The van der Waals surface area contributed by atoms with Crippen LogP contribution in [-0.2, 0) is 21.2 Å². The van der Waals surface area contributed by atoms with Crippen LogP contribution in [0.2, 0.25) is 0 Å². The van der Waals surface area contributed by atoms with E-state index in [0.29, 0.717) is 5.75 Å². The third kappa shape index (κ3) is 4.75. The molecule has 5 aromatic rings. The molecular weight excluding hydrogens is 512 g/mol. The molecule has 2 nitrogen and oxygen atoms in total. The molecule has 0 aromatic heterocycles. The minimum absolute atomic E-state index is 0.00827. The summed E-state index contributed by atoms with van der Waals surface area (Å²) in [6.07, 6.45) is 3.56. The highest BCUT2D eigenvalue weighted by Gasteiger charge is 2.47. The maximum atomic E-state index is 14.2. The fourth-order valence-corrected chi connectivity index (χ4v) is 5.98. The summed E-state index contributed by atoms with van der Waals surface area (Å²) in [5.74, 6) is 0.586. The van der Waals surface area contributed by atoms with E-state index >= 15 is 0 Å². The highest BCUT2D eigenvalue weighted by molar-refractivity contribution is 6.07. The fraction of sp³-hybridized carbons (Fsp3) is 0.225. The topological polar surface area (TPSA) is 26.3 Å². The van der Waals surface area contributed by atoms with Crippen molar-refractivity contribution < 1.29 is 9.53 Å². The third-order valence-corrected chi connectivity index (χ3v) is 8.45. The smallest absolute Gasteiger partial charge is 0.221 e. The highest BCUT2D eigenvalue weighted by Crippen LogP contribution is 2.46. The molecule has 5 aromatic carbocycles. The van der Waals surface area contributed by atoms with Crippen molar-refractivity contribution in [1.29, 1.82) is 0 Å². The molecule has 1 aliphatic carbocycles. The van der Waals surface area contributed by atoms with Crippen LogP contribution in [0.4, 0.5) is 0 Å². The van der Waals surface area contributed by atoms with Gasteiger partial charge in [-0.15, -0.1) is 0 Å². The highest BCUT2D eigenvalue weighted by atomic mass is 16.5. The van der Waals surface area contributed by atoms with Crippen LogP contribution in [-0.4, -0.2) is 5.78 Å². The summed E-state index contributed by atoms with van der Waals surface area (Å²) in [6, 6.07) is 37.7. The summed E-state index contributed by atoms with van der Waals surface area (Å²) in [7, 11) is 0. The predicted octanol–water partition coefficient (Wildman–Crippen LogP) is 10.0. The Morgan fingerprint density at radius 2 is 1.19 bits per heavy atom. The zero-order valence-electron chi connectivity index (χ0n) is 25.4. The Hall–Kier alpha value is -4.43. The van der Waals surface area contributed by atoms with Crippen LogP contribution in [0.1, 0.15) is 69.4 Å². The van der Waals surface area contributed by atoms with Crippen LogP contribution < -0.4 is 4.74 Å². The first-order valence-electron chi connectivity index (χ1n) is 14.7. The molecule has 210 valence electrons. The van der Waals surface area contributed by atoms with Crippen LogP contribution in [0.25, 0.3) is 28.0 Å². The van der Waals surface area contributed by atoms with Gasteiger partial charge in [0.2, 0.25) is 11.4 Å². The lowest BCUT2D eigenvalue weighted by Gasteiger charge is -2.37. The quantitative estimate of drug-likeness (QED) is 0.223. The summed E-state index contributed by atoms with van der Waals surface area (Å²) in [6.45, 7) is 13.3. The van der Waals surface area contributed by atoms with E-state index in [1.54, 1.807) is 6.08 Å². The number of ether oxygens (including phenoxy) is 1. The van der Waals surface area contributed by atoms with Crippen molar-refractivity contribution >= 4 is 22.6 Å². The Morgan fingerprint density at radius 3 is 1.86 bits per heavy atom. The van der Waals surface area contributed by atoms with Gasteiger partial charge in [0.25, 0.3) is 0 Å². The molecule has 1 atom stereocenters. The number of fused-ring (bicyclic) bond motifs is 2. The van der Waals surface area contributed by atoms with E-state index in [9.17, 15) is 4.79 Å². The normalized spacial score (nSPS) is 16.9. The molecular formula is C40H38O2. The lowest BCUT2D eigenvalue weighted by Crippen LogP contribution is -2.44. The SMILES string of the molecule is CC(C)(C)c1ccc(-c2c(OC3(c4ccc(C(C)(C)C)cc4)C(=O)C=Cc4ccccc43)ccc3ccccc23)cc1. The molecule has 0 saturated heterocycles. The summed E-state index contributed by atoms with van der Waals surface area (Å²) in [4.78, 5) is 14.2. The number of hydrogen-bond donors (Lipinski definition) is 0. The monoisotopic (exact) mass is 550 g/mol. The Labute approximate surface area is 249 Å². The number of hydrogen-bond acceptors (Lipinski definition) is 2. The average molecular weight is 551 g/mol. The van der Waals surface area contributed by atoms with Gasteiger partial charge in [-0.05, 0) is 56.0 Å². The van der Waals surface area contributed by atoms with E-state index < -0.39 is 5.60 Å². The largest absolute Gasteiger partial charge is 0.469 e. The maximum Gasteiger partial charge on any atom is 0.221 e. The van der Waals surface area contributed by atoms with Gasteiger partial charge in [-0.2, -0.15) is 0 Å². The van der Waals surface area contributed by atoms with E-state index in [2.05, 4.69) is 120 Å². The Morgan fingerprint density at radius 1 is 0.595 bits per heavy atom. The minimum Gasteiger partial charge on any atom is -0.469 e. The zero-order valence-corrected chi connectivity index (χ0v) is 25.4. The molecule has 0 bridgehead atoms. The van der Waals surface area contributed by atoms with Crippen molar-refractivity contribution in [3.63, 3.8) is 0 Å². The number of benzene rings is 5. The molecule has 0 aliphatic heterocycles. The number of ketones is 1. The lowest BCUT2D eigenvalue weighted by molar-refractivity contribution is -0.127. The standard InChI is InChI=1S/C40H38O2/c1-38(2,3)30-19-15-29(16-20-30)37-33-13-9-7-11-27(33)17-25-35(37)42-40(32-23-21-31(22-24-32)39(4,5)6)34-14-10-8-12-28(34)18-26-36(40)41/h7-26H,1-6H3. The van der Waals surface area contributed by atoms with E-state index in [4.69, 9.17) is 4.74 Å². The molecule has 0 fully saturated rings. The Kier molecular flexibility index (Phi) is 6.69. The summed E-state index contributed by atoms with van der Waals surface area (Å²) < 4.78 is 7.18. The molecule has 0 saturated carbocycles. The second-order valence-electron chi connectivity index (χ2n) is 13.4. The van der Waals surface area contributed by atoms with Gasteiger partial charge in [-0.25, -0.2) is 0 Å². The first-order valence-corrected chi connectivity index (χ1v) is 14.7. The molecule has 1 aliphatic rings. The van der Waals surface area contributed by atoms with Crippen molar-refractivity contribution in [3.8, 4) is 16.9 Å². The van der Waals surface area contributed by atoms with Crippen molar-refractivity contribution in [3.05, 3.63) is 143 Å². The summed E-state index contributed by atoms with van der Waals surface area (Å²) >= 11 is 0. The van der Waals surface area contributed by atoms with Gasteiger partial charge in [0.1, 0.15) is 5.75 Å². The molecule has 0 spiro atoms. The minimum atomic E-state index is -1.33. The second-order valence-corrected chi connectivity index (χ2v) is 13.4. The van der Waals surface area contributed by atoms with E-state index in [1.165, 1.54) is 11.1 Å². The van der Waals surface area contributed by atoms with Crippen molar-refractivity contribution in [1.82, 2.24) is 0 Å². The molecule has 1 unspecified atom stereocenters. The van der Waals surface area contributed by atoms with Gasteiger partial charge in [0.15, 0.2) is 0 Å². The van der Waals surface area contributed by atoms with Gasteiger partial charge < -0.3 is 4.74 Å². The van der Waals surface area contributed by atoms with Gasteiger partial charge in [0, 0.05) is 16.7 Å². The van der Waals surface area contributed by atoms with Gasteiger partial charge in [0.05, 0.1) is 0 Å². The average Bonchev–Trinajstić information content (AvgIpc) is 2.98. The summed E-state index contributed by atoms with van der Waals surface area (Å²) in [5, 5.41) is 2.21. The van der Waals surface area contributed by atoms with Crippen molar-refractivity contribution in [2.24, 2.45) is 0 Å². The number of carbonyl (C=O) groups excluding carboxylic acids is 1. The first-order chi connectivity index (χ1) is 20.0. The van der Waals surface area contributed by atoms with Gasteiger partial charge in [-0.3, -0.25) is 4.79 Å². The van der Waals surface area contributed by atoms with Crippen LogP contribution in [0.3, 0.4) is 0 Å². The maximum absolute atomic E-state index is 14.2. The summed E-state index contributed by atoms with van der Waals surface area (Å²) in [5.41, 5.74) is 5.88. The molecule has 0 heterocycles. The van der Waals surface area contributed by atoms with Gasteiger partial charge >= 0.3 is 0 Å². The van der Waals surface area contributed by atoms with Crippen LogP contribution in [0, 0.1) is 0 Å². The Balaban J connectivity index is 1.60. The molecule has 0 radical (unpaired) electrons. The molecule has 0 N–H and O–H groups in total. The molecule has 0 amide bonds. The third-order valence-electron chi connectivity index (χ3n) is 8.45. The van der Waals surface area contributed by atoms with Crippen molar-refractivity contribution in [2.75, 3.05) is 0 Å². The van der Waals surface area contributed by atoms with E-state index in [-0.39, 0.29) is 16.6 Å². The Bertz CT molecular complexity index is 1810. The lowest BCUT2D eigenvalue weighted by atomic mass is 9.75. The molecule has 2 heteroatoms. The molecule has 6 rings (SSSR count). The van der Waals surface area contributed by atoms with E-state index in [0.717, 1.165) is 38.6 Å². The zero-order chi connectivity index (χ0) is 29.7. The molecule has 42 heavy (non-hydrogen) atoms. The van der Waals surface area contributed by atoms with Crippen LogP contribution in [0.15, 0.2) is 115 Å². The predicted molar refractivity (Wildman–Crippen MR) is 175 cm³/mol. The van der Waals surface area contributed by atoms with Crippen LogP contribution >= 0.6 is 0 Å². The van der Waals surface area contributed by atoms with Gasteiger partial charge in [-0.1, -0.05) is 151 Å². The number of rotatable bonds is 4. The van der Waals surface area contributed by atoms with Crippen LogP contribution in [0.5, 0.6) is 5.75 Å².